The van der Waals surface area contributed by atoms with Crippen molar-refractivity contribution in [2.24, 2.45) is 0 Å². The number of halogens is 1. The molecule has 0 amide bonds. The largest absolute Gasteiger partial charge is 0.332 e. The van der Waals surface area contributed by atoms with Crippen LogP contribution in [0, 0.1) is 0 Å². The van der Waals surface area contributed by atoms with Crippen molar-refractivity contribution in [2.45, 2.75) is 16.7 Å². The topological polar surface area (TPSA) is 83.6 Å². The average molecular weight is 324 g/mol. The highest BCUT2D eigenvalue weighted by molar-refractivity contribution is 7.89. The Labute approximate surface area is 118 Å². The SMILES string of the molecule is CCN(C)CCNS(=O)(=O)c1ccc(S(=O)(=O)F)cc1. The van der Waals surface area contributed by atoms with E-state index < -0.39 is 25.1 Å². The summed E-state index contributed by atoms with van der Waals surface area (Å²) < 4.78 is 60.1. The van der Waals surface area contributed by atoms with Gasteiger partial charge in [0.1, 0.15) is 0 Å². The van der Waals surface area contributed by atoms with Gasteiger partial charge >= 0.3 is 10.2 Å². The van der Waals surface area contributed by atoms with Gasteiger partial charge in [0.15, 0.2) is 0 Å². The molecule has 20 heavy (non-hydrogen) atoms. The lowest BCUT2D eigenvalue weighted by Crippen LogP contribution is -2.32. The summed E-state index contributed by atoms with van der Waals surface area (Å²) in [6.07, 6.45) is 0. The standard InChI is InChI=1S/C11H17FN2O4S2/c1-3-14(2)9-8-13-20(17,18)11-6-4-10(5-7-11)19(12,15)16/h4-7,13H,3,8-9H2,1-2H3. The third kappa shape index (κ3) is 4.82. The monoisotopic (exact) mass is 324 g/mol. The van der Waals surface area contributed by atoms with E-state index in [-0.39, 0.29) is 11.4 Å². The van der Waals surface area contributed by atoms with E-state index in [4.69, 9.17) is 0 Å². The molecule has 1 N–H and O–H groups in total. The van der Waals surface area contributed by atoms with Crippen LogP contribution in [-0.4, -0.2) is 48.4 Å². The molecule has 0 saturated heterocycles. The van der Waals surface area contributed by atoms with E-state index in [1.807, 2.05) is 18.9 Å². The normalized spacial score (nSPS) is 12.8. The highest BCUT2D eigenvalue weighted by Gasteiger charge is 2.16. The number of benzene rings is 1. The van der Waals surface area contributed by atoms with Crippen molar-refractivity contribution in [1.82, 2.24) is 9.62 Å². The predicted octanol–water partition coefficient (Wildman–Crippen LogP) is 0.575. The molecule has 0 atom stereocenters. The number of hydrogen-bond acceptors (Lipinski definition) is 5. The summed E-state index contributed by atoms with van der Waals surface area (Å²) in [7, 11) is -6.68. The molecule has 0 spiro atoms. The van der Waals surface area contributed by atoms with Crippen LogP contribution in [0.2, 0.25) is 0 Å². The van der Waals surface area contributed by atoms with E-state index >= 15 is 0 Å². The molecule has 1 aromatic carbocycles. The summed E-state index contributed by atoms with van der Waals surface area (Å²) in [4.78, 5) is 1.26. The highest BCUT2D eigenvalue weighted by Crippen LogP contribution is 2.15. The third-order valence-electron chi connectivity index (χ3n) is 2.74. The summed E-state index contributed by atoms with van der Waals surface area (Å²) in [5.41, 5.74) is 0. The van der Waals surface area contributed by atoms with Crippen molar-refractivity contribution in [3.05, 3.63) is 24.3 Å². The van der Waals surface area contributed by atoms with Crippen LogP contribution in [0.25, 0.3) is 0 Å². The number of rotatable bonds is 7. The van der Waals surface area contributed by atoms with Gasteiger partial charge in [0, 0.05) is 13.1 Å². The van der Waals surface area contributed by atoms with Gasteiger partial charge in [0.2, 0.25) is 10.0 Å². The van der Waals surface area contributed by atoms with Gasteiger partial charge in [-0.3, -0.25) is 0 Å². The molecule has 0 aromatic heterocycles. The van der Waals surface area contributed by atoms with E-state index in [0.717, 1.165) is 30.8 Å². The fourth-order valence-corrected chi connectivity index (χ4v) is 2.88. The maximum atomic E-state index is 12.7. The Bertz CT molecular complexity index is 642. The lowest BCUT2D eigenvalue weighted by atomic mass is 10.4. The Kier molecular flexibility index (Phi) is 5.63. The molecule has 1 aromatic rings. The number of sulfonamides is 1. The molecule has 0 unspecified atom stereocenters. The van der Waals surface area contributed by atoms with E-state index in [2.05, 4.69) is 4.72 Å². The van der Waals surface area contributed by atoms with Crippen molar-refractivity contribution in [1.29, 1.82) is 0 Å². The van der Waals surface area contributed by atoms with Crippen LogP contribution in [-0.2, 0) is 20.2 Å². The quantitative estimate of drug-likeness (QED) is 0.742. The van der Waals surface area contributed by atoms with Gasteiger partial charge in [-0.2, -0.15) is 8.42 Å². The summed E-state index contributed by atoms with van der Waals surface area (Å²) >= 11 is 0. The Hall–Kier alpha value is -1.03. The van der Waals surface area contributed by atoms with Crippen LogP contribution >= 0.6 is 0 Å². The van der Waals surface area contributed by atoms with E-state index in [0.29, 0.717) is 6.54 Å². The van der Waals surface area contributed by atoms with Gasteiger partial charge in [0.25, 0.3) is 0 Å². The second kappa shape index (κ2) is 6.61. The lowest BCUT2D eigenvalue weighted by Gasteiger charge is -2.14. The van der Waals surface area contributed by atoms with Gasteiger partial charge in [-0.25, -0.2) is 13.1 Å². The maximum Gasteiger partial charge on any atom is 0.332 e. The Balaban J connectivity index is 2.78. The van der Waals surface area contributed by atoms with Gasteiger partial charge in [0.05, 0.1) is 9.79 Å². The van der Waals surface area contributed by atoms with Crippen LogP contribution in [0.5, 0.6) is 0 Å². The van der Waals surface area contributed by atoms with E-state index in [1.165, 1.54) is 0 Å². The average Bonchev–Trinajstić information content (AvgIpc) is 2.37. The molecule has 0 bridgehead atoms. The fraction of sp³-hybridized carbons (Fsp3) is 0.455. The molecule has 0 heterocycles. The van der Waals surface area contributed by atoms with Crippen molar-refractivity contribution in [3.63, 3.8) is 0 Å². The lowest BCUT2D eigenvalue weighted by molar-refractivity contribution is 0.358. The minimum atomic E-state index is -4.82. The predicted molar refractivity (Wildman–Crippen MR) is 73.1 cm³/mol. The zero-order valence-electron chi connectivity index (χ0n) is 11.2. The Morgan fingerprint density at radius 3 is 2.05 bits per heavy atom. The van der Waals surface area contributed by atoms with E-state index in [9.17, 15) is 20.7 Å². The zero-order valence-corrected chi connectivity index (χ0v) is 12.8. The molecule has 0 saturated carbocycles. The molecule has 0 aliphatic carbocycles. The van der Waals surface area contributed by atoms with Crippen molar-refractivity contribution >= 4 is 20.2 Å². The summed E-state index contributed by atoms with van der Waals surface area (Å²) in [5.74, 6) is 0. The van der Waals surface area contributed by atoms with Gasteiger partial charge in [-0.15, -0.1) is 3.89 Å². The third-order valence-corrected chi connectivity index (χ3v) is 5.05. The van der Waals surface area contributed by atoms with Gasteiger partial charge in [-0.1, -0.05) is 6.92 Å². The number of nitrogens with one attached hydrogen (secondary N) is 1. The molecular weight excluding hydrogens is 307 g/mol. The maximum absolute atomic E-state index is 12.7. The van der Waals surface area contributed by atoms with Gasteiger partial charge in [-0.05, 0) is 37.9 Å². The first-order valence-corrected chi connectivity index (χ1v) is 8.76. The van der Waals surface area contributed by atoms with Crippen LogP contribution < -0.4 is 4.72 Å². The summed E-state index contributed by atoms with van der Waals surface area (Å²) in [6.45, 7) is 3.53. The number of likely N-dealkylation sites (N-methyl/N-ethyl adjacent to an activating group) is 1. The number of hydrogen-bond donors (Lipinski definition) is 1. The molecule has 0 radical (unpaired) electrons. The Morgan fingerprint density at radius 1 is 1.10 bits per heavy atom. The molecule has 0 aliphatic rings. The molecular formula is C11H17FN2O4S2. The van der Waals surface area contributed by atoms with Crippen LogP contribution in [0.3, 0.4) is 0 Å². The molecule has 9 heteroatoms. The first-order valence-electron chi connectivity index (χ1n) is 5.90. The second-order valence-electron chi connectivity index (χ2n) is 4.20. The smallest absolute Gasteiger partial charge is 0.305 e. The van der Waals surface area contributed by atoms with Crippen molar-refractivity contribution in [2.75, 3.05) is 26.7 Å². The minimum absolute atomic E-state index is 0.107. The molecule has 1 rings (SSSR count). The Morgan fingerprint density at radius 2 is 1.60 bits per heavy atom. The van der Waals surface area contributed by atoms with Crippen LogP contribution in [0.15, 0.2) is 34.1 Å². The van der Waals surface area contributed by atoms with Crippen molar-refractivity contribution in [3.8, 4) is 0 Å². The van der Waals surface area contributed by atoms with Crippen LogP contribution in [0.4, 0.5) is 3.89 Å². The van der Waals surface area contributed by atoms with Crippen molar-refractivity contribution < 1.29 is 20.7 Å². The molecule has 0 fully saturated rings. The van der Waals surface area contributed by atoms with Crippen LogP contribution in [0.1, 0.15) is 6.92 Å². The first kappa shape index (κ1) is 17.0. The van der Waals surface area contributed by atoms with E-state index in [1.54, 1.807) is 0 Å². The molecule has 114 valence electrons. The van der Waals surface area contributed by atoms with Gasteiger partial charge < -0.3 is 4.90 Å². The second-order valence-corrected chi connectivity index (χ2v) is 7.32. The molecule has 0 aliphatic heterocycles. The fourth-order valence-electron chi connectivity index (χ4n) is 1.39. The highest BCUT2D eigenvalue weighted by atomic mass is 32.3. The minimum Gasteiger partial charge on any atom is -0.305 e. The number of nitrogens with zero attached hydrogens (tertiary/aromatic N) is 1. The zero-order chi connectivity index (χ0) is 15.4. The summed E-state index contributed by atoms with van der Waals surface area (Å²) in [5, 5.41) is 0. The first-order chi connectivity index (χ1) is 9.16. The molecule has 6 nitrogen and oxygen atoms in total. The summed E-state index contributed by atoms with van der Waals surface area (Å²) in [6, 6.07) is 3.95.